The number of rotatable bonds is 7. The van der Waals surface area contributed by atoms with Gasteiger partial charge in [-0.15, -0.1) is 24.8 Å². The molecule has 1 aliphatic heterocycles. The lowest BCUT2D eigenvalue weighted by Gasteiger charge is -2.17. The number of ether oxygens (including phenoxy) is 1. The second-order valence-electron chi connectivity index (χ2n) is 6.47. The molecule has 30 heavy (non-hydrogen) atoms. The van der Waals surface area contributed by atoms with E-state index in [0.717, 1.165) is 37.7 Å². The van der Waals surface area contributed by atoms with Crippen LogP contribution in [0.5, 0.6) is 5.75 Å². The highest BCUT2D eigenvalue weighted by Crippen LogP contribution is 2.21. The molecule has 0 radical (unpaired) electrons. The van der Waals surface area contributed by atoms with Gasteiger partial charge in [0, 0.05) is 31.8 Å². The SMILES string of the molecule is COc1cc(CN2CC[C@@H](Nc3cnc(C=CC(=O)NO)cn3)C2)ccc1F.Cl.Cl. The Morgan fingerprint density at radius 1 is 1.37 bits per heavy atom. The predicted octanol–water partition coefficient (Wildman–Crippen LogP) is 2.67. The molecule has 3 N–H and O–H groups in total. The van der Waals surface area contributed by atoms with Gasteiger partial charge in [0.1, 0.15) is 5.82 Å². The number of likely N-dealkylation sites (tertiary alicyclic amines) is 1. The molecular weight excluding hydrogens is 436 g/mol. The van der Waals surface area contributed by atoms with Crippen LogP contribution in [0.25, 0.3) is 6.08 Å². The molecule has 1 aromatic carbocycles. The fraction of sp³-hybridized carbons (Fsp3) is 0.316. The summed E-state index contributed by atoms with van der Waals surface area (Å²) in [5, 5.41) is 11.8. The van der Waals surface area contributed by atoms with Gasteiger partial charge in [0.15, 0.2) is 11.6 Å². The van der Waals surface area contributed by atoms with Crippen LogP contribution in [0.1, 0.15) is 17.7 Å². The molecule has 2 heterocycles. The van der Waals surface area contributed by atoms with Crippen molar-refractivity contribution in [2.24, 2.45) is 0 Å². The zero-order valence-electron chi connectivity index (χ0n) is 16.2. The van der Waals surface area contributed by atoms with E-state index in [0.29, 0.717) is 11.5 Å². The van der Waals surface area contributed by atoms with Crippen molar-refractivity contribution in [3.05, 3.63) is 53.7 Å². The third kappa shape index (κ3) is 7.10. The number of hydrogen-bond donors (Lipinski definition) is 3. The highest BCUT2D eigenvalue weighted by Gasteiger charge is 2.23. The summed E-state index contributed by atoms with van der Waals surface area (Å²) in [5.74, 6) is -0.0822. The number of carbonyl (C=O) groups excluding carboxylic acids is 1. The summed E-state index contributed by atoms with van der Waals surface area (Å²) in [7, 11) is 1.46. The maximum Gasteiger partial charge on any atom is 0.267 e. The number of carbonyl (C=O) groups is 1. The van der Waals surface area contributed by atoms with Gasteiger partial charge < -0.3 is 10.1 Å². The van der Waals surface area contributed by atoms with Crippen molar-refractivity contribution in [3.8, 4) is 5.75 Å². The Labute approximate surface area is 186 Å². The van der Waals surface area contributed by atoms with Crippen molar-refractivity contribution in [1.29, 1.82) is 0 Å². The van der Waals surface area contributed by atoms with E-state index in [4.69, 9.17) is 9.94 Å². The van der Waals surface area contributed by atoms with Gasteiger partial charge in [0.25, 0.3) is 5.91 Å². The standard InChI is InChI=1S/C19H22FN5O3.2ClH/c1-28-17-8-13(2-4-16(17)20)11-25-7-6-15(12-25)23-18-10-21-14(9-22-18)3-5-19(26)24-27;;/h2-5,8-10,15,27H,6-7,11-12H2,1H3,(H,22,23)(H,24,26);2*1H/t15-;;/m1../s1. The van der Waals surface area contributed by atoms with Gasteiger partial charge in [-0.25, -0.2) is 14.9 Å². The number of nitrogens with one attached hydrogen (secondary N) is 2. The van der Waals surface area contributed by atoms with Gasteiger partial charge in [-0.3, -0.25) is 19.9 Å². The van der Waals surface area contributed by atoms with E-state index in [2.05, 4.69) is 20.2 Å². The number of anilines is 1. The van der Waals surface area contributed by atoms with E-state index in [1.807, 2.05) is 0 Å². The molecule has 0 aliphatic carbocycles. The molecule has 8 nitrogen and oxygen atoms in total. The molecule has 2 aromatic rings. The van der Waals surface area contributed by atoms with Gasteiger partial charge in [-0.2, -0.15) is 0 Å². The minimum atomic E-state index is -0.631. The summed E-state index contributed by atoms with van der Waals surface area (Å²) < 4.78 is 18.6. The Kier molecular flexibility index (Phi) is 10.5. The summed E-state index contributed by atoms with van der Waals surface area (Å²) in [5.41, 5.74) is 3.02. The quantitative estimate of drug-likeness (QED) is 0.332. The molecule has 1 saturated heterocycles. The number of hydrogen-bond acceptors (Lipinski definition) is 7. The van der Waals surface area contributed by atoms with Gasteiger partial charge in [0.2, 0.25) is 0 Å². The Bertz CT molecular complexity index is 855. The lowest BCUT2D eigenvalue weighted by Crippen LogP contribution is -2.26. The number of methoxy groups -OCH3 is 1. The molecule has 1 amide bonds. The fourth-order valence-corrected chi connectivity index (χ4v) is 3.06. The van der Waals surface area contributed by atoms with Crippen LogP contribution in [-0.2, 0) is 11.3 Å². The molecule has 1 atom stereocenters. The molecule has 1 aromatic heterocycles. The third-order valence-corrected chi connectivity index (χ3v) is 4.43. The van der Waals surface area contributed by atoms with Crippen LogP contribution in [0.2, 0.25) is 0 Å². The Hall–Kier alpha value is -2.46. The highest BCUT2D eigenvalue weighted by molar-refractivity contribution is 5.90. The van der Waals surface area contributed by atoms with E-state index in [-0.39, 0.29) is 42.4 Å². The zero-order chi connectivity index (χ0) is 19.9. The average molecular weight is 460 g/mol. The van der Waals surface area contributed by atoms with Crippen molar-refractivity contribution in [3.63, 3.8) is 0 Å². The third-order valence-electron chi connectivity index (χ3n) is 4.43. The number of aromatic nitrogens is 2. The Morgan fingerprint density at radius 3 is 2.83 bits per heavy atom. The molecule has 0 unspecified atom stereocenters. The summed E-state index contributed by atoms with van der Waals surface area (Å²) in [4.78, 5) is 21.7. The molecule has 0 spiro atoms. The van der Waals surface area contributed by atoms with Crippen molar-refractivity contribution in [2.45, 2.75) is 19.0 Å². The van der Waals surface area contributed by atoms with Crippen LogP contribution < -0.4 is 15.5 Å². The largest absolute Gasteiger partial charge is 0.494 e. The number of nitrogens with zero attached hydrogens (tertiary/aromatic N) is 3. The molecule has 164 valence electrons. The number of halogens is 3. The molecule has 0 saturated carbocycles. The van der Waals surface area contributed by atoms with Gasteiger partial charge in [0.05, 0.1) is 25.2 Å². The predicted molar refractivity (Wildman–Crippen MR) is 116 cm³/mol. The van der Waals surface area contributed by atoms with Crippen molar-refractivity contribution < 1.29 is 19.1 Å². The van der Waals surface area contributed by atoms with Crippen molar-refractivity contribution in [1.82, 2.24) is 20.3 Å². The van der Waals surface area contributed by atoms with E-state index < -0.39 is 5.91 Å². The first kappa shape index (κ1) is 25.6. The second kappa shape index (κ2) is 12.3. The van der Waals surface area contributed by atoms with Gasteiger partial charge in [-0.1, -0.05) is 6.07 Å². The van der Waals surface area contributed by atoms with Crippen LogP contribution in [0.4, 0.5) is 10.2 Å². The van der Waals surface area contributed by atoms with E-state index in [1.165, 1.54) is 24.7 Å². The molecule has 3 rings (SSSR count). The highest BCUT2D eigenvalue weighted by atomic mass is 35.5. The zero-order valence-corrected chi connectivity index (χ0v) is 17.9. The van der Waals surface area contributed by atoms with Crippen molar-refractivity contribution in [2.75, 3.05) is 25.5 Å². The van der Waals surface area contributed by atoms with Gasteiger partial charge in [-0.05, 0) is 30.2 Å². The fourth-order valence-electron chi connectivity index (χ4n) is 3.06. The first-order valence-electron chi connectivity index (χ1n) is 8.83. The molecule has 1 fully saturated rings. The van der Waals surface area contributed by atoms with Crippen LogP contribution in [0, 0.1) is 5.82 Å². The average Bonchev–Trinajstić information content (AvgIpc) is 3.15. The lowest BCUT2D eigenvalue weighted by molar-refractivity contribution is -0.124. The number of hydroxylamine groups is 1. The van der Waals surface area contributed by atoms with Crippen molar-refractivity contribution >= 4 is 42.6 Å². The Morgan fingerprint density at radius 2 is 2.17 bits per heavy atom. The van der Waals surface area contributed by atoms with E-state index in [9.17, 15) is 9.18 Å². The number of amides is 1. The molecule has 11 heteroatoms. The Balaban J connectivity index is 0.00000225. The maximum atomic E-state index is 13.5. The smallest absolute Gasteiger partial charge is 0.267 e. The minimum Gasteiger partial charge on any atom is -0.494 e. The van der Waals surface area contributed by atoms with E-state index in [1.54, 1.807) is 24.5 Å². The van der Waals surface area contributed by atoms with Gasteiger partial charge >= 0.3 is 0 Å². The van der Waals surface area contributed by atoms with Crippen LogP contribution in [0.15, 0.2) is 36.7 Å². The lowest BCUT2D eigenvalue weighted by atomic mass is 10.2. The van der Waals surface area contributed by atoms with Crippen LogP contribution in [0.3, 0.4) is 0 Å². The first-order valence-corrected chi connectivity index (χ1v) is 8.83. The summed E-state index contributed by atoms with van der Waals surface area (Å²) in [6, 6.07) is 5.16. The second-order valence-corrected chi connectivity index (χ2v) is 6.47. The normalized spacial score (nSPS) is 15.9. The maximum absolute atomic E-state index is 13.5. The minimum absolute atomic E-state index is 0. The summed E-state index contributed by atoms with van der Waals surface area (Å²) >= 11 is 0. The van der Waals surface area contributed by atoms with Crippen LogP contribution >= 0.6 is 24.8 Å². The molecule has 0 bridgehead atoms. The monoisotopic (exact) mass is 459 g/mol. The molecule has 1 aliphatic rings. The number of benzene rings is 1. The first-order chi connectivity index (χ1) is 13.6. The molecular formula is C19H24Cl2FN5O3. The van der Waals surface area contributed by atoms with Crippen LogP contribution in [-0.4, -0.2) is 52.2 Å². The van der Waals surface area contributed by atoms with E-state index >= 15 is 0 Å². The summed E-state index contributed by atoms with van der Waals surface area (Å²) in [6.45, 7) is 2.47. The topological polar surface area (TPSA) is 99.6 Å². The summed E-state index contributed by atoms with van der Waals surface area (Å²) in [6.07, 6.45) is 6.72.